The van der Waals surface area contributed by atoms with Gasteiger partial charge in [0.2, 0.25) is 0 Å². The largest absolute Gasteiger partial charge is 0.507 e. The lowest BCUT2D eigenvalue weighted by Crippen LogP contribution is -2.29. The zero-order chi connectivity index (χ0) is 24.7. The summed E-state index contributed by atoms with van der Waals surface area (Å²) >= 11 is 1.33. The minimum atomic E-state index is -0.857. The van der Waals surface area contributed by atoms with Crippen molar-refractivity contribution in [1.82, 2.24) is 4.98 Å². The summed E-state index contributed by atoms with van der Waals surface area (Å²) in [4.78, 5) is 32.7. The van der Waals surface area contributed by atoms with Crippen molar-refractivity contribution in [3.05, 3.63) is 89.0 Å². The van der Waals surface area contributed by atoms with E-state index in [1.54, 1.807) is 62.8 Å². The van der Waals surface area contributed by atoms with E-state index in [1.165, 1.54) is 16.2 Å². The van der Waals surface area contributed by atoms with Crippen molar-refractivity contribution in [3.63, 3.8) is 0 Å². The van der Waals surface area contributed by atoms with Crippen LogP contribution in [0.5, 0.6) is 11.5 Å². The standard InChI is InChI=1S/C27H22N2O5S/c1-15-4-13-20-21(14-15)35-27(28-20)29-23(16-5-9-18(33-2)10-6-16)22(25(31)26(29)32)24(30)17-7-11-19(34-3)12-8-17/h4-14,23,30H,1-3H3/t23-/m1/s1. The second kappa shape index (κ2) is 8.88. The Kier molecular flexibility index (Phi) is 5.74. The smallest absolute Gasteiger partial charge is 0.301 e. The van der Waals surface area contributed by atoms with Crippen LogP contribution in [-0.2, 0) is 9.59 Å². The van der Waals surface area contributed by atoms with Crippen LogP contribution in [0.3, 0.4) is 0 Å². The molecule has 176 valence electrons. The highest BCUT2D eigenvalue weighted by Crippen LogP contribution is 2.44. The number of aryl methyl sites for hydroxylation is 1. The van der Waals surface area contributed by atoms with Gasteiger partial charge in [-0.3, -0.25) is 14.5 Å². The van der Waals surface area contributed by atoms with Crippen LogP contribution in [0.4, 0.5) is 5.13 Å². The summed E-state index contributed by atoms with van der Waals surface area (Å²) < 4.78 is 11.4. The topological polar surface area (TPSA) is 89.0 Å². The number of aliphatic hydroxyl groups is 1. The number of methoxy groups -OCH3 is 2. The molecular formula is C27H22N2O5S. The Balaban J connectivity index is 1.70. The highest BCUT2D eigenvalue weighted by Gasteiger charge is 2.48. The van der Waals surface area contributed by atoms with Gasteiger partial charge in [0.05, 0.1) is 36.1 Å². The fourth-order valence-electron chi connectivity index (χ4n) is 4.16. The summed E-state index contributed by atoms with van der Waals surface area (Å²) in [5, 5.41) is 11.6. The summed E-state index contributed by atoms with van der Waals surface area (Å²) in [5.41, 5.74) is 2.86. The van der Waals surface area contributed by atoms with Gasteiger partial charge in [-0.25, -0.2) is 4.98 Å². The summed E-state index contributed by atoms with van der Waals surface area (Å²) in [5.74, 6) is -0.521. The van der Waals surface area contributed by atoms with E-state index in [0.29, 0.717) is 27.8 Å². The average molecular weight is 487 g/mol. The Morgan fingerprint density at radius 3 is 2.20 bits per heavy atom. The molecule has 3 aromatic carbocycles. The molecule has 8 heteroatoms. The van der Waals surface area contributed by atoms with Crippen LogP contribution >= 0.6 is 11.3 Å². The van der Waals surface area contributed by atoms with Gasteiger partial charge in [-0.2, -0.15) is 0 Å². The van der Waals surface area contributed by atoms with E-state index >= 15 is 0 Å². The maximum Gasteiger partial charge on any atom is 0.301 e. The molecule has 5 rings (SSSR count). The number of ether oxygens (including phenoxy) is 2. The van der Waals surface area contributed by atoms with Crippen LogP contribution in [-0.4, -0.2) is 36.0 Å². The number of carbonyl (C=O) groups excluding carboxylic acids is 2. The molecule has 0 saturated carbocycles. The van der Waals surface area contributed by atoms with Crippen molar-refractivity contribution in [2.45, 2.75) is 13.0 Å². The minimum absolute atomic E-state index is 0.000713. The number of Topliss-reactive ketones (excluding diaryl/α,β-unsaturated/α-hetero) is 1. The first-order valence-electron chi connectivity index (χ1n) is 10.9. The number of anilines is 1. The fourth-order valence-corrected chi connectivity index (χ4v) is 5.25. The Morgan fingerprint density at radius 1 is 0.943 bits per heavy atom. The average Bonchev–Trinajstić information content (AvgIpc) is 3.41. The highest BCUT2D eigenvalue weighted by atomic mass is 32.1. The predicted molar refractivity (Wildman–Crippen MR) is 135 cm³/mol. The number of nitrogens with zero attached hydrogens (tertiary/aromatic N) is 2. The van der Waals surface area contributed by atoms with Gasteiger partial charge in [-0.15, -0.1) is 0 Å². The van der Waals surface area contributed by atoms with Crippen LogP contribution in [0.15, 0.2) is 72.3 Å². The molecule has 1 aromatic heterocycles. The molecule has 1 saturated heterocycles. The van der Waals surface area contributed by atoms with Gasteiger partial charge in [0, 0.05) is 5.56 Å². The van der Waals surface area contributed by atoms with Gasteiger partial charge in [0.1, 0.15) is 17.3 Å². The first-order valence-corrected chi connectivity index (χ1v) is 11.7. The van der Waals surface area contributed by atoms with E-state index in [0.717, 1.165) is 15.8 Å². The molecule has 4 aromatic rings. The van der Waals surface area contributed by atoms with Crippen molar-refractivity contribution < 1.29 is 24.2 Å². The van der Waals surface area contributed by atoms with E-state index in [4.69, 9.17) is 9.47 Å². The highest BCUT2D eigenvalue weighted by molar-refractivity contribution is 7.22. The minimum Gasteiger partial charge on any atom is -0.507 e. The molecule has 0 bridgehead atoms. The molecule has 1 amide bonds. The van der Waals surface area contributed by atoms with E-state index in [9.17, 15) is 14.7 Å². The van der Waals surface area contributed by atoms with Crippen LogP contribution in [0.1, 0.15) is 22.7 Å². The molecule has 0 spiro atoms. The van der Waals surface area contributed by atoms with Crippen molar-refractivity contribution in [2.24, 2.45) is 0 Å². The lowest BCUT2D eigenvalue weighted by atomic mass is 9.95. The number of benzene rings is 3. The molecule has 0 radical (unpaired) electrons. The molecule has 0 aliphatic carbocycles. The van der Waals surface area contributed by atoms with Gasteiger partial charge in [0.25, 0.3) is 5.78 Å². The second-order valence-electron chi connectivity index (χ2n) is 8.14. The lowest BCUT2D eigenvalue weighted by molar-refractivity contribution is -0.132. The van der Waals surface area contributed by atoms with Crippen LogP contribution < -0.4 is 14.4 Å². The Labute approximate surface area is 205 Å². The third kappa shape index (κ3) is 3.91. The predicted octanol–water partition coefficient (Wildman–Crippen LogP) is 5.25. The monoisotopic (exact) mass is 486 g/mol. The number of hydrogen-bond donors (Lipinski definition) is 1. The normalized spacial score (nSPS) is 17.2. The van der Waals surface area contributed by atoms with Gasteiger partial charge < -0.3 is 14.6 Å². The van der Waals surface area contributed by atoms with Crippen molar-refractivity contribution >= 4 is 44.1 Å². The molecule has 0 unspecified atom stereocenters. The van der Waals surface area contributed by atoms with Crippen molar-refractivity contribution in [1.29, 1.82) is 0 Å². The number of amides is 1. The number of aromatic nitrogens is 1. The van der Waals surface area contributed by atoms with Crippen LogP contribution in [0.2, 0.25) is 0 Å². The van der Waals surface area contributed by atoms with Gasteiger partial charge in [-0.05, 0) is 66.6 Å². The molecule has 1 aliphatic rings. The van der Waals surface area contributed by atoms with Gasteiger partial charge >= 0.3 is 5.91 Å². The number of fused-ring (bicyclic) bond motifs is 1. The van der Waals surface area contributed by atoms with E-state index in [2.05, 4.69) is 4.98 Å². The Bertz CT molecular complexity index is 1470. The summed E-state index contributed by atoms with van der Waals surface area (Å²) in [6.07, 6.45) is 0. The molecule has 35 heavy (non-hydrogen) atoms. The van der Waals surface area contributed by atoms with Crippen molar-refractivity contribution in [2.75, 3.05) is 19.1 Å². The van der Waals surface area contributed by atoms with E-state index in [1.807, 2.05) is 25.1 Å². The Hall–Kier alpha value is -4.17. The summed E-state index contributed by atoms with van der Waals surface area (Å²) in [6, 6.07) is 18.7. The summed E-state index contributed by atoms with van der Waals surface area (Å²) in [7, 11) is 3.11. The third-order valence-electron chi connectivity index (χ3n) is 5.98. The number of carbonyl (C=O) groups is 2. The number of aliphatic hydroxyl groups excluding tert-OH is 1. The second-order valence-corrected chi connectivity index (χ2v) is 9.15. The van der Waals surface area contributed by atoms with Gasteiger partial charge in [0.15, 0.2) is 5.13 Å². The maximum absolute atomic E-state index is 13.4. The number of ketones is 1. The first-order chi connectivity index (χ1) is 16.9. The zero-order valence-electron chi connectivity index (χ0n) is 19.3. The molecular weight excluding hydrogens is 464 g/mol. The summed E-state index contributed by atoms with van der Waals surface area (Å²) in [6.45, 7) is 1.98. The number of rotatable bonds is 5. The molecule has 1 fully saturated rings. The molecule has 2 heterocycles. The quantitative estimate of drug-likeness (QED) is 0.236. The molecule has 1 aliphatic heterocycles. The number of thiazole rings is 1. The maximum atomic E-state index is 13.4. The van der Waals surface area contributed by atoms with Crippen LogP contribution in [0.25, 0.3) is 16.0 Å². The van der Waals surface area contributed by atoms with E-state index < -0.39 is 17.7 Å². The lowest BCUT2D eigenvalue weighted by Gasteiger charge is -2.23. The SMILES string of the molecule is COc1ccc(C(O)=C2C(=O)C(=O)N(c3nc4ccc(C)cc4s3)[C@@H]2c2ccc(OC)cc2)cc1. The number of hydrogen-bond acceptors (Lipinski definition) is 7. The van der Waals surface area contributed by atoms with Crippen molar-refractivity contribution in [3.8, 4) is 11.5 Å². The molecule has 1 N–H and O–H groups in total. The molecule has 7 nitrogen and oxygen atoms in total. The van der Waals surface area contributed by atoms with Gasteiger partial charge in [-0.1, -0.05) is 29.5 Å². The fraction of sp³-hybridized carbons (Fsp3) is 0.148. The Morgan fingerprint density at radius 2 is 1.57 bits per heavy atom. The molecule has 1 atom stereocenters. The van der Waals surface area contributed by atoms with E-state index in [-0.39, 0.29) is 11.3 Å². The zero-order valence-corrected chi connectivity index (χ0v) is 20.1. The first kappa shape index (κ1) is 22.6. The van der Waals surface area contributed by atoms with Crippen LogP contribution in [0, 0.1) is 6.92 Å². The third-order valence-corrected chi connectivity index (χ3v) is 7.00.